The highest BCUT2D eigenvalue weighted by atomic mass is 35.5. The Morgan fingerprint density at radius 3 is 1.97 bits per heavy atom. The van der Waals surface area contributed by atoms with Gasteiger partial charge in [-0.2, -0.15) is 0 Å². The third kappa shape index (κ3) is 15.0. The van der Waals surface area contributed by atoms with Gasteiger partial charge in [0.1, 0.15) is 12.4 Å². The van der Waals surface area contributed by atoms with Gasteiger partial charge in [-0.25, -0.2) is 14.4 Å². The van der Waals surface area contributed by atoms with E-state index in [-0.39, 0.29) is 12.1 Å². The van der Waals surface area contributed by atoms with Crippen molar-refractivity contribution < 1.29 is 29.3 Å². The van der Waals surface area contributed by atoms with Crippen molar-refractivity contribution in [1.82, 2.24) is 15.1 Å². The highest BCUT2D eigenvalue weighted by Crippen LogP contribution is 2.23. The number of carboxylic acids is 2. The van der Waals surface area contributed by atoms with Crippen LogP contribution >= 0.6 is 23.2 Å². The van der Waals surface area contributed by atoms with Gasteiger partial charge in [-0.3, -0.25) is 0 Å². The normalized spacial score (nSPS) is 10.6. The first-order chi connectivity index (χ1) is 14.4. The molecule has 9 nitrogen and oxygen atoms in total. The van der Waals surface area contributed by atoms with Gasteiger partial charge in [0.15, 0.2) is 0 Å². The number of hydrogen-bond donors (Lipinski definition) is 3. The fourth-order valence-corrected chi connectivity index (χ4v) is 2.59. The lowest BCUT2D eigenvalue weighted by Crippen LogP contribution is -2.47. The zero-order chi connectivity index (χ0) is 24.0. The maximum Gasteiger partial charge on any atom is 0.328 e. The third-order valence-corrected chi connectivity index (χ3v) is 3.96. The molecule has 1 aromatic carbocycles. The molecule has 3 N–H and O–H groups in total. The Kier molecular flexibility index (Phi) is 14.1. The lowest BCUT2D eigenvalue weighted by Gasteiger charge is -2.28. The van der Waals surface area contributed by atoms with Crippen LogP contribution in [0.5, 0.6) is 5.75 Å². The number of hydrogen-bond acceptors (Lipinski definition) is 5. The van der Waals surface area contributed by atoms with Gasteiger partial charge in [-0.1, -0.05) is 23.2 Å². The van der Waals surface area contributed by atoms with Crippen molar-refractivity contribution in [3.8, 4) is 5.75 Å². The summed E-state index contributed by atoms with van der Waals surface area (Å²) in [5.74, 6) is -1.93. The predicted octanol–water partition coefficient (Wildman–Crippen LogP) is 3.07. The molecular weight excluding hydrogens is 449 g/mol. The summed E-state index contributed by atoms with van der Waals surface area (Å²) in [7, 11) is 3.97. The fourth-order valence-electron chi connectivity index (χ4n) is 2.08. The van der Waals surface area contributed by atoms with Crippen molar-refractivity contribution in [1.29, 1.82) is 0 Å². The van der Waals surface area contributed by atoms with Gasteiger partial charge in [-0.05, 0) is 46.1 Å². The molecule has 2 amide bonds. The third-order valence-electron chi connectivity index (χ3n) is 3.52. The van der Waals surface area contributed by atoms with Crippen molar-refractivity contribution in [3.63, 3.8) is 0 Å². The summed E-state index contributed by atoms with van der Waals surface area (Å²) in [6.07, 6.45) is 1.12. The van der Waals surface area contributed by atoms with E-state index >= 15 is 0 Å². The standard InChI is InChI=1S/C16H25Cl2N3O2.C4H4O4/c1-12(2)21(7-6-20(3)4)16(22)19-5-8-23-15-10-13(17)9-14(18)11-15;5-3(6)1-2-4(7)8/h9-12H,5-8H2,1-4H3,(H,19,22);1-2H,(H,5,6)(H,7,8). The van der Waals surface area contributed by atoms with Crippen molar-refractivity contribution in [2.45, 2.75) is 19.9 Å². The Labute approximate surface area is 192 Å². The molecule has 0 unspecified atom stereocenters. The molecule has 0 saturated carbocycles. The lowest BCUT2D eigenvalue weighted by atomic mass is 10.3. The molecule has 0 aliphatic rings. The van der Waals surface area contributed by atoms with E-state index in [9.17, 15) is 14.4 Å². The van der Waals surface area contributed by atoms with Gasteiger partial charge in [0.2, 0.25) is 0 Å². The molecule has 0 aliphatic carbocycles. The van der Waals surface area contributed by atoms with Crippen LogP contribution in [0.2, 0.25) is 10.0 Å². The summed E-state index contributed by atoms with van der Waals surface area (Å²) < 4.78 is 5.55. The van der Waals surface area contributed by atoms with Crippen LogP contribution in [0, 0.1) is 0 Å². The van der Waals surface area contributed by atoms with Crippen LogP contribution in [0.1, 0.15) is 13.8 Å². The average Bonchev–Trinajstić information content (AvgIpc) is 2.63. The number of carbonyl (C=O) groups is 3. The molecule has 0 aliphatic heterocycles. The number of rotatable bonds is 10. The molecule has 0 radical (unpaired) electrons. The minimum atomic E-state index is -1.26. The number of nitrogens with zero attached hydrogens (tertiary/aromatic N) is 2. The van der Waals surface area contributed by atoms with Crippen molar-refractivity contribution in [2.24, 2.45) is 0 Å². The predicted molar refractivity (Wildman–Crippen MR) is 120 cm³/mol. The summed E-state index contributed by atoms with van der Waals surface area (Å²) in [5.41, 5.74) is 0. The number of ether oxygens (including phenoxy) is 1. The van der Waals surface area contributed by atoms with Crippen molar-refractivity contribution in [2.75, 3.05) is 40.3 Å². The fraction of sp³-hybridized carbons (Fsp3) is 0.450. The van der Waals surface area contributed by atoms with Crippen LogP contribution in [-0.2, 0) is 9.59 Å². The second kappa shape index (κ2) is 15.3. The Morgan fingerprint density at radius 1 is 1.03 bits per heavy atom. The monoisotopic (exact) mass is 477 g/mol. The van der Waals surface area contributed by atoms with Crippen molar-refractivity contribution in [3.05, 3.63) is 40.4 Å². The minimum absolute atomic E-state index is 0.0884. The Bertz CT molecular complexity index is 720. The SMILES string of the molecule is CC(C)N(CCN(C)C)C(=O)NCCOc1cc(Cl)cc(Cl)c1.O=C(O)C=CC(=O)O. The molecule has 0 bridgehead atoms. The van der Waals surface area contributed by atoms with E-state index in [0.717, 1.165) is 6.54 Å². The summed E-state index contributed by atoms with van der Waals surface area (Å²) >= 11 is 11.8. The van der Waals surface area contributed by atoms with Gasteiger partial charge in [0.05, 0.1) is 6.54 Å². The number of aliphatic carboxylic acids is 2. The van der Waals surface area contributed by atoms with Crippen LogP contribution < -0.4 is 10.1 Å². The van der Waals surface area contributed by atoms with Gasteiger partial charge in [-0.15, -0.1) is 0 Å². The molecule has 0 spiro atoms. The zero-order valence-electron chi connectivity index (χ0n) is 18.0. The molecule has 0 atom stereocenters. The largest absolute Gasteiger partial charge is 0.492 e. The number of amides is 2. The first-order valence-electron chi connectivity index (χ1n) is 9.34. The van der Waals surface area contributed by atoms with E-state index < -0.39 is 11.9 Å². The van der Waals surface area contributed by atoms with Gasteiger partial charge in [0, 0.05) is 41.3 Å². The van der Waals surface area contributed by atoms with Gasteiger partial charge < -0.3 is 30.1 Å². The molecule has 0 aromatic heterocycles. The van der Waals surface area contributed by atoms with E-state index in [2.05, 4.69) is 10.2 Å². The van der Waals surface area contributed by atoms with Crippen LogP contribution in [0.25, 0.3) is 0 Å². The molecule has 11 heteroatoms. The highest BCUT2D eigenvalue weighted by Gasteiger charge is 2.16. The summed E-state index contributed by atoms with van der Waals surface area (Å²) in [5, 5.41) is 19.5. The number of benzene rings is 1. The van der Waals surface area contributed by atoms with E-state index in [4.69, 9.17) is 38.2 Å². The van der Waals surface area contributed by atoms with E-state index in [1.807, 2.05) is 27.9 Å². The van der Waals surface area contributed by atoms with Gasteiger partial charge >= 0.3 is 18.0 Å². The first kappa shape index (κ1) is 28.5. The summed E-state index contributed by atoms with van der Waals surface area (Å²) in [4.78, 5) is 35.2. The highest BCUT2D eigenvalue weighted by molar-refractivity contribution is 6.34. The molecular formula is C20H29Cl2N3O6. The number of carboxylic acid groups (broad SMARTS) is 2. The van der Waals surface area contributed by atoms with Crippen LogP contribution in [-0.4, -0.2) is 84.4 Å². The molecule has 1 aromatic rings. The average molecular weight is 478 g/mol. The topological polar surface area (TPSA) is 119 Å². The first-order valence-corrected chi connectivity index (χ1v) is 10.1. The Hall–Kier alpha value is -2.49. The number of halogens is 2. The number of carbonyl (C=O) groups excluding carboxylic acids is 1. The molecule has 31 heavy (non-hydrogen) atoms. The smallest absolute Gasteiger partial charge is 0.328 e. The summed E-state index contributed by atoms with van der Waals surface area (Å²) in [6, 6.07) is 5.07. The molecule has 0 saturated heterocycles. The molecule has 0 heterocycles. The van der Waals surface area contributed by atoms with E-state index in [1.54, 1.807) is 23.1 Å². The maximum absolute atomic E-state index is 12.2. The lowest BCUT2D eigenvalue weighted by molar-refractivity contribution is -0.134. The maximum atomic E-state index is 12.2. The molecule has 174 valence electrons. The minimum Gasteiger partial charge on any atom is -0.492 e. The zero-order valence-corrected chi connectivity index (χ0v) is 19.5. The van der Waals surface area contributed by atoms with E-state index in [0.29, 0.717) is 47.6 Å². The quantitative estimate of drug-likeness (QED) is 0.349. The Morgan fingerprint density at radius 2 is 1.55 bits per heavy atom. The van der Waals surface area contributed by atoms with E-state index in [1.165, 1.54) is 0 Å². The second-order valence-electron chi connectivity index (χ2n) is 6.79. The second-order valence-corrected chi connectivity index (χ2v) is 7.66. The van der Waals surface area contributed by atoms with Crippen LogP contribution in [0.4, 0.5) is 4.79 Å². The van der Waals surface area contributed by atoms with Crippen LogP contribution in [0.3, 0.4) is 0 Å². The number of likely N-dealkylation sites (N-methyl/N-ethyl adjacent to an activating group) is 1. The van der Waals surface area contributed by atoms with Crippen LogP contribution in [0.15, 0.2) is 30.4 Å². The van der Waals surface area contributed by atoms with Crippen molar-refractivity contribution >= 4 is 41.2 Å². The Balaban J connectivity index is 0.000000954. The molecule has 0 fully saturated rings. The number of urea groups is 1. The molecule has 1 rings (SSSR count). The number of nitrogens with one attached hydrogen (secondary N) is 1. The van der Waals surface area contributed by atoms with Gasteiger partial charge in [0.25, 0.3) is 0 Å². The summed E-state index contributed by atoms with van der Waals surface area (Å²) in [6.45, 7) is 6.26.